The number of benzene rings is 1. The van der Waals surface area contributed by atoms with E-state index in [2.05, 4.69) is 5.32 Å². The Bertz CT molecular complexity index is 349. The molecule has 1 aromatic rings. The first kappa shape index (κ1) is 11.1. The SMILES string of the molecule is N[C@H](C(=O)OCc1ccccc1)C1CNC1. The predicted molar refractivity (Wildman–Crippen MR) is 60.6 cm³/mol. The minimum atomic E-state index is -0.495. The second-order valence-electron chi connectivity index (χ2n) is 4.04. The number of ether oxygens (including phenoxy) is 1. The van der Waals surface area contributed by atoms with E-state index in [1.807, 2.05) is 30.3 Å². The zero-order chi connectivity index (χ0) is 11.4. The number of carbonyl (C=O) groups is 1. The highest BCUT2D eigenvalue weighted by Gasteiger charge is 2.30. The van der Waals surface area contributed by atoms with Gasteiger partial charge in [0.1, 0.15) is 12.6 Å². The molecule has 1 aliphatic heterocycles. The van der Waals surface area contributed by atoms with E-state index >= 15 is 0 Å². The van der Waals surface area contributed by atoms with Crippen molar-refractivity contribution in [1.82, 2.24) is 5.32 Å². The molecule has 0 aromatic heterocycles. The second kappa shape index (κ2) is 5.09. The van der Waals surface area contributed by atoms with Gasteiger partial charge in [0, 0.05) is 19.0 Å². The van der Waals surface area contributed by atoms with Gasteiger partial charge >= 0.3 is 5.97 Å². The first-order valence-electron chi connectivity index (χ1n) is 5.44. The number of nitrogens with one attached hydrogen (secondary N) is 1. The molecule has 2 rings (SSSR count). The molecule has 0 spiro atoms. The highest BCUT2D eigenvalue weighted by molar-refractivity contribution is 5.76. The number of esters is 1. The van der Waals surface area contributed by atoms with Crippen LogP contribution in [-0.2, 0) is 16.1 Å². The molecule has 1 aromatic carbocycles. The molecule has 0 saturated carbocycles. The average Bonchev–Trinajstić information content (AvgIpc) is 2.25. The van der Waals surface area contributed by atoms with E-state index in [1.165, 1.54) is 0 Å². The van der Waals surface area contributed by atoms with Crippen molar-refractivity contribution in [2.24, 2.45) is 11.7 Å². The maximum atomic E-state index is 11.6. The van der Waals surface area contributed by atoms with Gasteiger partial charge in [0.2, 0.25) is 0 Å². The van der Waals surface area contributed by atoms with Crippen LogP contribution in [0, 0.1) is 5.92 Å². The van der Waals surface area contributed by atoms with E-state index in [-0.39, 0.29) is 11.9 Å². The van der Waals surface area contributed by atoms with Crippen LogP contribution in [0.15, 0.2) is 30.3 Å². The minimum Gasteiger partial charge on any atom is -0.460 e. The van der Waals surface area contributed by atoms with Crippen molar-refractivity contribution in [2.45, 2.75) is 12.6 Å². The normalized spacial score (nSPS) is 17.6. The third-order valence-corrected chi connectivity index (χ3v) is 2.82. The Balaban J connectivity index is 1.79. The molecule has 1 heterocycles. The smallest absolute Gasteiger partial charge is 0.323 e. The molecule has 86 valence electrons. The molecular formula is C12H16N2O2. The van der Waals surface area contributed by atoms with Crippen molar-refractivity contribution in [1.29, 1.82) is 0 Å². The monoisotopic (exact) mass is 220 g/mol. The molecule has 0 radical (unpaired) electrons. The van der Waals surface area contributed by atoms with Crippen molar-refractivity contribution in [2.75, 3.05) is 13.1 Å². The molecule has 3 N–H and O–H groups in total. The van der Waals surface area contributed by atoms with Gasteiger partial charge in [0.25, 0.3) is 0 Å². The van der Waals surface area contributed by atoms with E-state index in [4.69, 9.17) is 10.5 Å². The fourth-order valence-electron chi connectivity index (χ4n) is 1.58. The Morgan fingerprint density at radius 1 is 1.44 bits per heavy atom. The van der Waals surface area contributed by atoms with Gasteiger partial charge in [-0.05, 0) is 5.56 Å². The highest BCUT2D eigenvalue weighted by Crippen LogP contribution is 2.09. The summed E-state index contributed by atoms with van der Waals surface area (Å²) in [4.78, 5) is 11.6. The first-order chi connectivity index (χ1) is 7.77. The summed E-state index contributed by atoms with van der Waals surface area (Å²) in [6.07, 6.45) is 0. The summed E-state index contributed by atoms with van der Waals surface area (Å²) in [5.74, 6) is -0.0846. The maximum absolute atomic E-state index is 11.6. The Morgan fingerprint density at radius 3 is 2.69 bits per heavy atom. The summed E-state index contributed by atoms with van der Waals surface area (Å²) >= 11 is 0. The third-order valence-electron chi connectivity index (χ3n) is 2.82. The van der Waals surface area contributed by atoms with Crippen LogP contribution in [0.25, 0.3) is 0 Å². The summed E-state index contributed by atoms with van der Waals surface area (Å²) in [5.41, 5.74) is 6.75. The van der Waals surface area contributed by atoms with Crippen molar-refractivity contribution in [3.05, 3.63) is 35.9 Å². The molecule has 0 bridgehead atoms. The van der Waals surface area contributed by atoms with Gasteiger partial charge in [-0.2, -0.15) is 0 Å². The lowest BCUT2D eigenvalue weighted by molar-refractivity contribution is -0.148. The molecule has 4 nitrogen and oxygen atoms in total. The lowest BCUT2D eigenvalue weighted by Gasteiger charge is -2.30. The third kappa shape index (κ3) is 2.59. The van der Waals surface area contributed by atoms with E-state index in [1.54, 1.807) is 0 Å². The number of hydrogen-bond donors (Lipinski definition) is 2. The zero-order valence-corrected chi connectivity index (χ0v) is 9.06. The van der Waals surface area contributed by atoms with Crippen molar-refractivity contribution in [3.8, 4) is 0 Å². The molecule has 1 aliphatic rings. The lowest BCUT2D eigenvalue weighted by atomic mass is 9.95. The van der Waals surface area contributed by atoms with Gasteiger partial charge in [-0.15, -0.1) is 0 Å². The Hall–Kier alpha value is -1.39. The molecule has 0 amide bonds. The first-order valence-corrected chi connectivity index (χ1v) is 5.44. The fourth-order valence-corrected chi connectivity index (χ4v) is 1.58. The summed E-state index contributed by atoms with van der Waals surface area (Å²) in [7, 11) is 0. The average molecular weight is 220 g/mol. The van der Waals surface area contributed by atoms with Crippen LogP contribution in [0.1, 0.15) is 5.56 Å². The lowest BCUT2D eigenvalue weighted by Crippen LogP contribution is -2.55. The molecule has 0 unspecified atom stereocenters. The number of hydrogen-bond acceptors (Lipinski definition) is 4. The second-order valence-corrected chi connectivity index (χ2v) is 4.04. The van der Waals surface area contributed by atoms with Gasteiger partial charge in [-0.25, -0.2) is 0 Å². The Morgan fingerprint density at radius 2 is 2.12 bits per heavy atom. The van der Waals surface area contributed by atoms with Crippen LogP contribution in [0.5, 0.6) is 0 Å². The topological polar surface area (TPSA) is 64.4 Å². The quantitative estimate of drug-likeness (QED) is 0.715. The van der Waals surface area contributed by atoms with Crippen LogP contribution >= 0.6 is 0 Å². The van der Waals surface area contributed by atoms with Gasteiger partial charge in [0.15, 0.2) is 0 Å². The number of nitrogens with two attached hydrogens (primary N) is 1. The Labute approximate surface area is 94.8 Å². The molecule has 1 fully saturated rings. The summed E-state index contributed by atoms with van der Waals surface area (Å²) in [6.45, 7) is 1.91. The van der Waals surface area contributed by atoms with Crippen LogP contribution in [0.4, 0.5) is 0 Å². The van der Waals surface area contributed by atoms with Crippen molar-refractivity contribution >= 4 is 5.97 Å². The molecule has 4 heteroatoms. The van der Waals surface area contributed by atoms with E-state index in [9.17, 15) is 4.79 Å². The summed E-state index contributed by atoms with van der Waals surface area (Å²) in [5, 5.41) is 3.08. The van der Waals surface area contributed by atoms with Gasteiger partial charge in [-0.3, -0.25) is 4.79 Å². The van der Waals surface area contributed by atoms with Crippen LogP contribution in [0.3, 0.4) is 0 Å². The maximum Gasteiger partial charge on any atom is 0.323 e. The minimum absolute atomic E-state index is 0.225. The fraction of sp³-hybridized carbons (Fsp3) is 0.417. The van der Waals surface area contributed by atoms with Crippen LogP contribution in [0.2, 0.25) is 0 Å². The van der Waals surface area contributed by atoms with Crippen LogP contribution in [-0.4, -0.2) is 25.1 Å². The molecule has 16 heavy (non-hydrogen) atoms. The Kier molecular flexibility index (Phi) is 3.54. The van der Waals surface area contributed by atoms with Crippen molar-refractivity contribution < 1.29 is 9.53 Å². The number of rotatable bonds is 4. The predicted octanol–water partition coefficient (Wildman–Crippen LogP) is 0.276. The molecular weight excluding hydrogens is 204 g/mol. The summed E-state index contributed by atoms with van der Waals surface area (Å²) in [6, 6.07) is 9.10. The number of carbonyl (C=O) groups excluding carboxylic acids is 1. The zero-order valence-electron chi connectivity index (χ0n) is 9.06. The van der Waals surface area contributed by atoms with Gasteiger partial charge in [-0.1, -0.05) is 30.3 Å². The van der Waals surface area contributed by atoms with E-state index in [0.717, 1.165) is 18.7 Å². The van der Waals surface area contributed by atoms with Gasteiger partial charge < -0.3 is 15.8 Å². The summed E-state index contributed by atoms with van der Waals surface area (Å²) < 4.78 is 5.16. The molecule has 1 saturated heterocycles. The largest absolute Gasteiger partial charge is 0.460 e. The highest BCUT2D eigenvalue weighted by atomic mass is 16.5. The molecule has 1 atom stereocenters. The molecule has 0 aliphatic carbocycles. The standard InChI is InChI=1S/C12H16N2O2/c13-11(10-6-14-7-10)12(15)16-8-9-4-2-1-3-5-9/h1-5,10-11,14H,6-8,13H2/t11-/m0/s1. The van der Waals surface area contributed by atoms with Gasteiger partial charge in [0.05, 0.1) is 0 Å². The van der Waals surface area contributed by atoms with Crippen LogP contribution < -0.4 is 11.1 Å². The van der Waals surface area contributed by atoms with E-state index < -0.39 is 6.04 Å². The van der Waals surface area contributed by atoms with Crippen molar-refractivity contribution in [3.63, 3.8) is 0 Å². The van der Waals surface area contributed by atoms with E-state index in [0.29, 0.717) is 6.61 Å².